The molecule has 5 nitrogen and oxygen atoms in total. The van der Waals surface area contributed by atoms with E-state index in [1.54, 1.807) is 11.8 Å². The molecule has 27 heavy (non-hydrogen) atoms. The Morgan fingerprint density at radius 2 is 2.04 bits per heavy atom. The van der Waals surface area contributed by atoms with Crippen molar-refractivity contribution >= 4 is 12.0 Å². The van der Waals surface area contributed by atoms with Crippen LogP contribution >= 0.6 is 0 Å². The van der Waals surface area contributed by atoms with E-state index in [9.17, 15) is 9.59 Å². The fourth-order valence-corrected chi connectivity index (χ4v) is 4.57. The second-order valence-corrected chi connectivity index (χ2v) is 8.06. The van der Waals surface area contributed by atoms with Crippen LogP contribution in [0.15, 0.2) is 24.3 Å². The van der Waals surface area contributed by atoms with Gasteiger partial charge in [0.25, 0.3) is 0 Å². The summed E-state index contributed by atoms with van der Waals surface area (Å²) >= 11 is 0. The lowest BCUT2D eigenvalue weighted by Crippen LogP contribution is -2.48. The molecule has 1 N–H and O–H groups in total. The zero-order chi connectivity index (χ0) is 19.3. The van der Waals surface area contributed by atoms with E-state index in [4.69, 9.17) is 4.74 Å². The lowest BCUT2D eigenvalue weighted by atomic mass is 9.78. The Morgan fingerprint density at radius 3 is 2.74 bits per heavy atom. The van der Waals surface area contributed by atoms with Gasteiger partial charge in [-0.15, -0.1) is 0 Å². The summed E-state index contributed by atoms with van der Waals surface area (Å²) < 4.78 is 5.09. The van der Waals surface area contributed by atoms with Crippen LogP contribution in [0.3, 0.4) is 0 Å². The molecule has 1 atom stereocenters. The van der Waals surface area contributed by atoms with E-state index in [2.05, 4.69) is 36.5 Å². The number of carbonyl (C=O) groups excluding carboxylic acids is 2. The summed E-state index contributed by atoms with van der Waals surface area (Å²) in [6.45, 7) is 6.11. The highest BCUT2D eigenvalue weighted by atomic mass is 16.6. The van der Waals surface area contributed by atoms with Crippen molar-refractivity contribution in [2.75, 3.05) is 26.2 Å². The number of nitrogens with one attached hydrogen (secondary N) is 1. The Morgan fingerprint density at radius 1 is 1.26 bits per heavy atom. The maximum atomic E-state index is 12.8. The molecule has 1 aliphatic heterocycles. The Labute approximate surface area is 162 Å². The highest BCUT2D eigenvalue weighted by Gasteiger charge is 2.37. The first-order valence-electron chi connectivity index (χ1n) is 10.3. The number of likely N-dealkylation sites (tertiary alicyclic amines) is 1. The Hall–Kier alpha value is -2.04. The topological polar surface area (TPSA) is 58.6 Å². The zero-order valence-corrected chi connectivity index (χ0v) is 16.6. The number of rotatable bonds is 5. The monoisotopic (exact) mass is 372 g/mol. The third-order valence-electron chi connectivity index (χ3n) is 6.11. The highest BCUT2D eigenvalue weighted by molar-refractivity contribution is 5.80. The average Bonchev–Trinajstić information content (AvgIpc) is 3.17. The van der Waals surface area contributed by atoms with E-state index in [0.29, 0.717) is 26.2 Å². The molecule has 3 rings (SSSR count). The summed E-state index contributed by atoms with van der Waals surface area (Å²) in [6, 6.07) is 8.70. The van der Waals surface area contributed by atoms with Crippen LogP contribution in [-0.2, 0) is 14.9 Å². The first-order valence-corrected chi connectivity index (χ1v) is 10.3. The van der Waals surface area contributed by atoms with Gasteiger partial charge >= 0.3 is 6.09 Å². The molecule has 2 amide bonds. The Bertz CT molecular complexity index is 667. The van der Waals surface area contributed by atoms with Crippen LogP contribution in [0, 0.1) is 12.8 Å². The van der Waals surface area contributed by atoms with Crippen LogP contribution in [0.2, 0.25) is 0 Å². The predicted octanol–water partition coefficient (Wildman–Crippen LogP) is 3.79. The van der Waals surface area contributed by atoms with Crippen molar-refractivity contribution in [2.24, 2.45) is 5.92 Å². The molecule has 1 saturated carbocycles. The van der Waals surface area contributed by atoms with Crippen LogP contribution in [0.5, 0.6) is 0 Å². The van der Waals surface area contributed by atoms with E-state index in [0.717, 1.165) is 25.7 Å². The van der Waals surface area contributed by atoms with Crippen LogP contribution in [0.4, 0.5) is 4.79 Å². The lowest BCUT2D eigenvalue weighted by molar-refractivity contribution is -0.126. The number of amides is 2. The van der Waals surface area contributed by atoms with Gasteiger partial charge in [0, 0.05) is 25.0 Å². The molecule has 1 saturated heterocycles. The van der Waals surface area contributed by atoms with E-state index in [1.807, 2.05) is 0 Å². The minimum Gasteiger partial charge on any atom is -0.450 e. The van der Waals surface area contributed by atoms with E-state index in [1.165, 1.54) is 24.0 Å². The standard InChI is InChI=1S/C22H32N2O3/c1-3-27-21(26)24-13-7-9-18(15-24)20(25)23-16-22(11-4-5-12-22)19-10-6-8-17(2)14-19/h6,8,10,14,18H,3-5,7,9,11-13,15-16H2,1-2H3,(H,23,25). The van der Waals surface area contributed by atoms with Gasteiger partial charge in [-0.2, -0.15) is 0 Å². The second-order valence-electron chi connectivity index (χ2n) is 8.06. The minimum absolute atomic E-state index is 0.0528. The maximum Gasteiger partial charge on any atom is 0.409 e. The van der Waals surface area contributed by atoms with Crippen molar-refractivity contribution in [3.05, 3.63) is 35.4 Å². The van der Waals surface area contributed by atoms with Gasteiger partial charge in [-0.1, -0.05) is 42.7 Å². The third kappa shape index (κ3) is 4.63. The molecule has 1 unspecified atom stereocenters. The number of piperidine rings is 1. The normalized spacial score (nSPS) is 21.7. The van der Waals surface area contributed by atoms with Gasteiger partial charge in [0.1, 0.15) is 0 Å². The number of aryl methyl sites for hydroxylation is 1. The van der Waals surface area contributed by atoms with Crippen LogP contribution in [0.25, 0.3) is 0 Å². The van der Waals surface area contributed by atoms with Crippen molar-refractivity contribution in [1.29, 1.82) is 0 Å². The molecule has 1 aliphatic carbocycles. The van der Waals surface area contributed by atoms with E-state index < -0.39 is 0 Å². The van der Waals surface area contributed by atoms with E-state index in [-0.39, 0.29) is 23.3 Å². The molecule has 148 valence electrons. The number of nitrogens with zero attached hydrogens (tertiary/aromatic N) is 1. The fraction of sp³-hybridized carbons (Fsp3) is 0.636. The molecule has 1 aromatic rings. The van der Waals surface area contributed by atoms with Gasteiger partial charge in [0.2, 0.25) is 5.91 Å². The molecule has 1 aromatic carbocycles. The summed E-state index contributed by atoms with van der Waals surface area (Å²) in [4.78, 5) is 26.5. The number of hydrogen-bond donors (Lipinski definition) is 1. The summed E-state index contributed by atoms with van der Waals surface area (Å²) in [5.74, 6) is -0.0676. The molecular weight excluding hydrogens is 340 g/mol. The first kappa shape index (κ1) is 19.7. The third-order valence-corrected chi connectivity index (χ3v) is 6.11. The van der Waals surface area contributed by atoms with Gasteiger partial charge < -0.3 is 15.0 Å². The molecular formula is C22H32N2O3. The highest BCUT2D eigenvalue weighted by Crippen LogP contribution is 2.41. The number of benzene rings is 1. The average molecular weight is 373 g/mol. The largest absolute Gasteiger partial charge is 0.450 e. The Kier molecular flexibility index (Phi) is 6.40. The molecule has 2 aliphatic rings. The molecule has 1 heterocycles. The summed E-state index contributed by atoms with van der Waals surface area (Å²) in [6.07, 6.45) is 6.04. The van der Waals surface area contributed by atoms with Gasteiger partial charge in [0.15, 0.2) is 0 Å². The van der Waals surface area contributed by atoms with Crippen LogP contribution in [-0.4, -0.2) is 43.1 Å². The van der Waals surface area contributed by atoms with Gasteiger partial charge in [-0.05, 0) is 45.1 Å². The summed E-state index contributed by atoms with van der Waals surface area (Å²) in [5, 5.41) is 3.23. The molecule has 5 heteroatoms. The molecule has 0 bridgehead atoms. The molecule has 0 aromatic heterocycles. The van der Waals surface area contributed by atoms with Crippen molar-refractivity contribution < 1.29 is 14.3 Å². The predicted molar refractivity (Wildman–Crippen MR) is 106 cm³/mol. The van der Waals surface area contributed by atoms with Crippen LogP contribution < -0.4 is 5.32 Å². The molecule has 2 fully saturated rings. The van der Waals surface area contributed by atoms with E-state index >= 15 is 0 Å². The lowest BCUT2D eigenvalue weighted by Gasteiger charge is -2.34. The first-order chi connectivity index (χ1) is 13.0. The van der Waals surface area contributed by atoms with Crippen LogP contribution in [0.1, 0.15) is 56.6 Å². The smallest absolute Gasteiger partial charge is 0.409 e. The summed E-state index contributed by atoms with van der Waals surface area (Å²) in [7, 11) is 0. The van der Waals surface area contributed by atoms with Crippen molar-refractivity contribution in [2.45, 2.75) is 57.8 Å². The van der Waals surface area contributed by atoms with Gasteiger partial charge in [-0.3, -0.25) is 4.79 Å². The van der Waals surface area contributed by atoms with Crippen molar-refractivity contribution in [1.82, 2.24) is 10.2 Å². The number of ether oxygens (including phenoxy) is 1. The quantitative estimate of drug-likeness (QED) is 0.855. The number of hydrogen-bond acceptors (Lipinski definition) is 3. The zero-order valence-electron chi connectivity index (χ0n) is 16.6. The van der Waals surface area contributed by atoms with Crippen molar-refractivity contribution in [3.63, 3.8) is 0 Å². The van der Waals surface area contributed by atoms with Gasteiger partial charge in [0.05, 0.1) is 12.5 Å². The fourth-order valence-electron chi connectivity index (χ4n) is 4.57. The Balaban J connectivity index is 1.62. The minimum atomic E-state index is -0.304. The van der Waals surface area contributed by atoms with Crippen molar-refractivity contribution in [3.8, 4) is 0 Å². The summed E-state index contributed by atoms with van der Waals surface area (Å²) in [5.41, 5.74) is 2.66. The molecule has 0 spiro atoms. The number of carbonyl (C=O) groups is 2. The second kappa shape index (κ2) is 8.77. The molecule has 0 radical (unpaired) electrons. The SMILES string of the molecule is CCOC(=O)N1CCCC(C(=O)NCC2(c3cccc(C)c3)CCCC2)C1. The van der Waals surface area contributed by atoms with Gasteiger partial charge in [-0.25, -0.2) is 4.79 Å². The maximum absolute atomic E-state index is 12.8.